The summed E-state index contributed by atoms with van der Waals surface area (Å²) in [5, 5.41) is 21.6. The molecular formula is C8H18BFN2O2. The van der Waals surface area contributed by atoms with Crippen LogP contribution in [-0.4, -0.2) is 29.7 Å². The highest BCUT2D eigenvalue weighted by atomic mass is 19.0. The molecule has 82 valence electrons. The molecule has 1 unspecified atom stereocenters. The Bertz CT molecular complexity index is 168. The Balaban J connectivity index is -0.000000177. The van der Waals surface area contributed by atoms with E-state index in [1.165, 1.54) is 13.8 Å². The van der Waals surface area contributed by atoms with Gasteiger partial charge in [0, 0.05) is 0 Å². The number of hydrogen-bond donors (Lipinski definition) is 2. The zero-order valence-electron chi connectivity index (χ0n) is 9.06. The van der Waals surface area contributed by atoms with Crippen LogP contribution in [0, 0.1) is 0 Å². The standard InChI is InChI=1S/C4H9B.C4H8N2O2.FH/c1-3-4(2)5;1-3(5-7)4(2)6-8;/h4H,3H2,1-2H3;7-8H,1-2H3;1H. The second-order valence-electron chi connectivity index (χ2n) is 2.76. The quantitative estimate of drug-likeness (QED) is 0.313. The average Bonchev–Trinajstić information content (AvgIpc) is 2.16. The largest absolute Gasteiger partial charge is 0.411 e. The molecule has 0 aromatic heterocycles. The molecule has 0 aromatic rings. The smallest absolute Gasteiger partial charge is 0.101 e. The topological polar surface area (TPSA) is 65.2 Å². The van der Waals surface area contributed by atoms with Crippen LogP contribution >= 0.6 is 0 Å². The van der Waals surface area contributed by atoms with Crippen molar-refractivity contribution in [2.75, 3.05) is 0 Å². The van der Waals surface area contributed by atoms with Gasteiger partial charge < -0.3 is 10.4 Å². The molecule has 2 radical (unpaired) electrons. The van der Waals surface area contributed by atoms with Gasteiger partial charge in [0.25, 0.3) is 0 Å². The SMILES string of the molecule is CC(=NO)C(C)=NO.F.[B]C(C)CC. The average molecular weight is 204 g/mol. The summed E-state index contributed by atoms with van der Waals surface area (Å²) in [6.07, 6.45) is 1.08. The molecule has 2 N–H and O–H groups in total. The zero-order chi connectivity index (χ0) is 10.9. The third-order valence-electron chi connectivity index (χ3n) is 1.47. The summed E-state index contributed by atoms with van der Waals surface area (Å²) >= 11 is 0. The second-order valence-corrected chi connectivity index (χ2v) is 2.76. The Morgan fingerprint density at radius 3 is 1.50 bits per heavy atom. The molecule has 0 heterocycles. The Hall–Kier alpha value is -1.07. The zero-order valence-corrected chi connectivity index (χ0v) is 9.06. The van der Waals surface area contributed by atoms with E-state index in [0.717, 1.165) is 6.42 Å². The molecule has 14 heavy (non-hydrogen) atoms. The summed E-state index contributed by atoms with van der Waals surface area (Å²) in [6.45, 7) is 7.15. The van der Waals surface area contributed by atoms with Crippen LogP contribution in [0.5, 0.6) is 0 Å². The number of rotatable bonds is 2. The van der Waals surface area contributed by atoms with Crippen molar-refractivity contribution in [1.29, 1.82) is 0 Å². The van der Waals surface area contributed by atoms with Gasteiger partial charge in [-0.2, -0.15) is 0 Å². The highest BCUT2D eigenvalue weighted by Gasteiger charge is 1.93. The lowest BCUT2D eigenvalue weighted by Crippen LogP contribution is -2.04. The van der Waals surface area contributed by atoms with Gasteiger partial charge in [-0.3, -0.25) is 4.70 Å². The molecule has 0 fully saturated rings. The highest BCUT2D eigenvalue weighted by molar-refractivity contribution is 6.40. The minimum absolute atomic E-state index is 0. The summed E-state index contributed by atoms with van der Waals surface area (Å²) in [7, 11) is 5.29. The fourth-order valence-electron chi connectivity index (χ4n) is 0.145. The fourth-order valence-corrected chi connectivity index (χ4v) is 0.145. The fraction of sp³-hybridized carbons (Fsp3) is 0.750. The van der Waals surface area contributed by atoms with Gasteiger partial charge in [0.1, 0.15) is 11.4 Å². The predicted molar refractivity (Wildman–Crippen MR) is 57.8 cm³/mol. The van der Waals surface area contributed by atoms with Gasteiger partial charge in [0.05, 0.1) is 7.85 Å². The first-order valence-corrected chi connectivity index (χ1v) is 4.12. The Labute approximate surface area is 85.5 Å². The molecule has 4 nitrogen and oxygen atoms in total. The van der Waals surface area contributed by atoms with Crippen LogP contribution in [0.1, 0.15) is 34.1 Å². The molecule has 0 aliphatic carbocycles. The van der Waals surface area contributed by atoms with Gasteiger partial charge in [-0.25, -0.2) is 0 Å². The summed E-state index contributed by atoms with van der Waals surface area (Å²) in [6, 6.07) is 0. The van der Waals surface area contributed by atoms with E-state index >= 15 is 0 Å². The van der Waals surface area contributed by atoms with Crippen LogP contribution in [0.3, 0.4) is 0 Å². The van der Waals surface area contributed by atoms with E-state index in [0.29, 0.717) is 17.2 Å². The van der Waals surface area contributed by atoms with E-state index in [9.17, 15) is 0 Å². The maximum Gasteiger partial charge on any atom is 0.101 e. The monoisotopic (exact) mass is 204 g/mol. The van der Waals surface area contributed by atoms with Crippen LogP contribution in [0.4, 0.5) is 4.70 Å². The van der Waals surface area contributed by atoms with Gasteiger partial charge in [-0.1, -0.05) is 36.4 Å². The van der Waals surface area contributed by atoms with Crippen molar-refractivity contribution in [3.8, 4) is 0 Å². The molecule has 6 heteroatoms. The Morgan fingerprint density at radius 2 is 1.43 bits per heavy atom. The summed E-state index contributed by atoms with van der Waals surface area (Å²) in [4.78, 5) is 0. The number of halogens is 1. The van der Waals surface area contributed by atoms with Crippen LogP contribution in [0.2, 0.25) is 5.82 Å². The van der Waals surface area contributed by atoms with E-state index in [1.807, 2.05) is 6.92 Å². The normalized spacial score (nSPS) is 13.4. The molecule has 0 aliphatic heterocycles. The predicted octanol–water partition coefficient (Wildman–Crippen LogP) is 2.21. The van der Waals surface area contributed by atoms with Gasteiger partial charge in [-0.05, 0) is 13.8 Å². The maximum atomic E-state index is 8.03. The van der Waals surface area contributed by atoms with Gasteiger partial charge in [0.2, 0.25) is 0 Å². The second kappa shape index (κ2) is 11.9. The number of oxime groups is 2. The van der Waals surface area contributed by atoms with Crippen LogP contribution < -0.4 is 0 Å². The van der Waals surface area contributed by atoms with Gasteiger partial charge >= 0.3 is 0 Å². The van der Waals surface area contributed by atoms with Crippen molar-refractivity contribution in [2.45, 2.75) is 39.9 Å². The molecule has 0 bridgehead atoms. The lowest BCUT2D eigenvalue weighted by Gasteiger charge is -1.90. The van der Waals surface area contributed by atoms with Crippen molar-refractivity contribution < 1.29 is 15.1 Å². The van der Waals surface area contributed by atoms with E-state index < -0.39 is 0 Å². The molecular weight excluding hydrogens is 186 g/mol. The first kappa shape index (κ1) is 18.7. The molecule has 0 spiro atoms. The van der Waals surface area contributed by atoms with E-state index in [-0.39, 0.29) is 4.70 Å². The van der Waals surface area contributed by atoms with Crippen molar-refractivity contribution >= 4 is 19.3 Å². The highest BCUT2D eigenvalue weighted by Crippen LogP contribution is 1.97. The molecule has 0 amide bonds. The van der Waals surface area contributed by atoms with E-state index in [1.54, 1.807) is 0 Å². The third kappa shape index (κ3) is 13.5. The molecule has 0 aliphatic rings. The number of hydrogen-bond acceptors (Lipinski definition) is 4. The van der Waals surface area contributed by atoms with Crippen LogP contribution in [0.15, 0.2) is 10.3 Å². The molecule has 0 rings (SSSR count). The van der Waals surface area contributed by atoms with Crippen molar-refractivity contribution in [3.05, 3.63) is 0 Å². The van der Waals surface area contributed by atoms with Gasteiger partial charge in [0.15, 0.2) is 0 Å². The molecule has 0 aromatic carbocycles. The van der Waals surface area contributed by atoms with E-state index in [4.69, 9.17) is 18.3 Å². The molecule has 0 saturated heterocycles. The maximum absolute atomic E-state index is 8.03. The van der Waals surface area contributed by atoms with Crippen molar-refractivity contribution in [2.24, 2.45) is 10.3 Å². The first-order chi connectivity index (χ1) is 5.99. The molecule has 1 atom stereocenters. The summed E-state index contributed by atoms with van der Waals surface area (Å²) in [5.41, 5.74) is 0.625. The Morgan fingerprint density at radius 1 is 1.21 bits per heavy atom. The molecule has 0 saturated carbocycles. The van der Waals surface area contributed by atoms with Crippen LogP contribution in [0.25, 0.3) is 0 Å². The lowest BCUT2D eigenvalue weighted by atomic mass is 9.88. The van der Waals surface area contributed by atoms with Gasteiger partial charge in [-0.15, -0.1) is 0 Å². The van der Waals surface area contributed by atoms with Crippen molar-refractivity contribution in [1.82, 2.24) is 0 Å². The first-order valence-electron chi connectivity index (χ1n) is 4.12. The van der Waals surface area contributed by atoms with Crippen molar-refractivity contribution in [3.63, 3.8) is 0 Å². The van der Waals surface area contributed by atoms with Crippen LogP contribution in [-0.2, 0) is 0 Å². The van der Waals surface area contributed by atoms with E-state index in [2.05, 4.69) is 17.2 Å². The Kier molecular flexibility index (Phi) is 15.9. The summed E-state index contributed by atoms with van der Waals surface area (Å²) < 4.78 is 0. The minimum atomic E-state index is 0. The summed E-state index contributed by atoms with van der Waals surface area (Å²) in [5.74, 6) is 0.384. The number of nitrogens with zero attached hydrogens (tertiary/aromatic N) is 2. The minimum Gasteiger partial charge on any atom is -0.411 e. The third-order valence-corrected chi connectivity index (χ3v) is 1.47. The lowest BCUT2D eigenvalue weighted by molar-refractivity contribution is 0.313.